The van der Waals surface area contributed by atoms with E-state index in [1.54, 1.807) is 42.5 Å². The van der Waals surface area contributed by atoms with Crippen LogP contribution in [0.4, 0.5) is 4.79 Å². The van der Waals surface area contributed by atoms with Crippen molar-refractivity contribution in [2.24, 2.45) is 0 Å². The minimum Gasteiger partial charge on any atom is -0.464 e. The molecule has 0 radical (unpaired) electrons. The summed E-state index contributed by atoms with van der Waals surface area (Å²) < 4.78 is 10.2. The standard InChI is InChI=1S/C23H26N2O6/c1-2-13-30-22(28)19(25-23(29)31-16-17-9-5-3-6-10-17)14-21(27)24-15-20(26)18-11-7-4-8-12-18/h3-12,19H,2,13-16H2,1H3,(H,24,27)(H,25,29)/t19-/m0/s1. The van der Waals surface area contributed by atoms with Gasteiger partial charge in [0.15, 0.2) is 5.78 Å². The molecule has 0 spiro atoms. The van der Waals surface area contributed by atoms with Gasteiger partial charge in [0, 0.05) is 5.56 Å². The van der Waals surface area contributed by atoms with Crippen molar-refractivity contribution in [3.05, 3.63) is 71.8 Å². The topological polar surface area (TPSA) is 111 Å². The monoisotopic (exact) mass is 426 g/mol. The van der Waals surface area contributed by atoms with Crippen molar-refractivity contribution in [3.63, 3.8) is 0 Å². The summed E-state index contributed by atoms with van der Waals surface area (Å²) in [5.41, 5.74) is 1.24. The van der Waals surface area contributed by atoms with Crippen molar-refractivity contribution in [2.45, 2.75) is 32.4 Å². The van der Waals surface area contributed by atoms with Crippen LogP contribution in [0, 0.1) is 0 Å². The van der Waals surface area contributed by atoms with Crippen LogP contribution in [0.3, 0.4) is 0 Å². The number of alkyl carbamates (subject to hydrolysis) is 1. The Kier molecular flexibility index (Phi) is 9.74. The highest BCUT2D eigenvalue weighted by Gasteiger charge is 2.26. The SMILES string of the molecule is CCCOC(=O)[C@H](CC(=O)NCC(=O)c1ccccc1)NC(=O)OCc1ccccc1. The third-order valence-electron chi connectivity index (χ3n) is 4.17. The molecule has 0 saturated carbocycles. The van der Waals surface area contributed by atoms with E-state index in [0.717, 1.165) is 5.56 Å². The summed E-state index contributed by atoms with van der Waals surface area (Å²) in [6.07, 6.45) is -0.643. The van der Waals surface area contributed by atoms with Gasteiger partial charge < -0.3 is 20.1 Å². The van der Waals surface area contributed by atoms with Crippen molar-refractivity contribution >= 4 is 23.8 Å². The molecule has 1 atom stereocenters. The van der Waals surface area contributed by atoms with Crippen LogP contribution in [-0.2, 0) is 25.7 Å². The minimum atomic E-state index is -1.23. The number of carbonyl (C=O) groups is 4. The van der Waals surface area contributed by atoms with Crippen LogP contribution in [0.1, 0.15) is 35.7 Å². The first kappa shape index (κ1) is 23.6. The van der Waals surface area contributed by atoms with E-state index >= 15 is 0 Å². The molecule has 2 rings (SSSR count). The maximum atomic E-state index is 12.3. The number of hydrogen-bond acceptors (Lipinski definition) is 6. The van der Waals surface area contributed by atoms with E-state index in [1.807, 2.05) is 25.1 Å². The molecule has 2 amide bonds. The molecule has 2 N–H and O–H groups in total. The number of nitrogens with one attached hydrogen (secondary N) is 2. The van der Waals surface area contributed by atoms with Crippen LogP contribution in [0.5, 0.6) is 0 Å². The highest BCUT2D eigenvalue weighted by Crippen LogP contribution is 2.04. The molecule has 0 aliphatic rings. The molecule has 0 fully saturated rings. The fourth-order valence-corrected chi connectivity index (χ4v) is 2.57. The number of ether oxygens (including phenoxy) is 2. The molecule has 0 saturated heterocycles. The summed E-state index contributed by atoms with van der Waals surface area (Å²) in [6, 6.07) is 16.3. The van der Waals surface area contributed by atoms with Crippen LogP contribution in [0.25, 0.3) is 0 Å². The van der Waals surface area contributed by atoms with E-state index in [9.17, 15) is 19.2 Å². The Morgan fingerprint density at radius 2 is 1.55 bits per heavy atom. The van der Waals surface area contributed by atoms with E-state index in [1.165, 1.54) is 0 Å². The molecular weight excluding hydrogens is 400 g/mol. The average Bonchev–Trinajstić information content (AvgIpc) is 2.80. The van der Waals surface area contributed by atoms with Gasteiger partial charge in [-0.05, 0) is 12.0 Å². The zero-order valence-electron chi connectivity index (χ0n) is 17.3. The average molecular weight is 426 g/mol. The third-order valence-corrected chi connectivity index (χ3v) is 4.17. The van der Waals surface area contributed by atoms with Crippen molar-refractivity contribution in [3.8, 4) is 0 Å². The predicted octanol–water partition coefficient (Wildman–Crippen LogP) is 2.62. The van der Waals surface area contributed by atoms with Gasteiger partial charge in [-0.1, -0.05) is 67.6 Å². The molecule has 0 aliphatic carbocycles. The van der Waals surface area contributed by atoms with Gasteiger partial charge in [0.2, 0.25) is 5.91 Å². The van der Waals surface area contributed by atoms with E-state index in [-0.39, 0.29) is 32.0 Å². The molecule has 0 heterocycles. The summed E-state index contributed by atoms with van der Waals surface area (Å²) in [5, 5.41) is 4.83. The Morgan fingerprint density at radius 1 is 0.903 bits per heavy atom. The maximum absolute atomic E-state index is 12.3. The minimum absolute atomic E-state index is 0.0151. The quantitative estimate of drug-likeness (QED) is 0.422. The van der Waals surface area contributed by atoms with E-state index < -0.39 is 24.0 Å². The summed E-state index contributed by atoms with van der Waals surface area (Å²) in [7, 11) is 0. The summed E-state index contributed by atoms with van der Waals surface area (Å²) in [6.45, 7) is 1.77. The molecule has 0 unspecified atom stereocenters. The number of benzene rings is 2. The first-order valence-electron chi connectivity index (χ1n) is 9.98. The largest absolute Gasteiger partial charge is 0.464 e. The van der Waals surface area contributed by atoms with Gasteiger partial charge in [0.1, 0.15) is 12.6 Å². The molecule has 2 aromatic carbocycles. The maximum Gasteiger partial charge on any atom is 0.408 e. The second-order valence-electron chi connectivity index (χ2n) is 6.70. The first-order valence-corrected chi connectivity index (χ1v) is 9.98. The Labute approximate surface area is 180 Å². The van der Waals surface area contributed by atoms with Gasteiger partial charge in [0.05, 0.1) is 19.6 Å². The lowest BCUT2D eigenvalue weighted by Crippen LogP contribution is -2.45. The normalized spacial score (nSPS) is 11.1. The number of amides is 2. The second-order valence-corrected chi connectivity index (χ2v) is 6.70. The zero-order chi connectivity index (χ0) is 22.5. The zero-order valence-corrected chi connectivity index (χ0v) is 17.3. The summed E-state index contributed by atoms with van der Waals surface area (Å²) >= 11 is 0. The molecule has 0 aliphatic heterocycles. The van der Waals surface area contributed by atoms with Gasteiger partial charge in [-0.2, -0.15) is 0 Å². The van der Waals surface area contributed by atoms with Crippen LogP contribution >= 0.6 is 0 Å². The fourth-order valence-electron chi connectivity index (χ4n) is 2.57. The third kappa shape index (κ3) is 8.69. The fraction of sp³-hybridized carbons (Fsp3) is 0.304. The molecule has 31 heavy (non-hydrogen) atoms. The Morgan fingerprint density at radius 3 is 2.19 bits per heavy atom. The number of Topliss-reactive ketones (excluding diaryl/α,β-unsaturated/α-hetero) is 1. The van der Waals surface area contributed by atoms with Crippen LogP contribution in [0.15, 0.2) is 60.7 Å². The first-order chi connectivity index (χ1) is 15.0. The van der Waals surface area contributed by atoms with Crippen molar-refractivity contribution < 1.29 is 28.7 Å². The lowest BCUT2D eigenvalue weighted by atomic mass is 10.1. The van der Waals surface area contributed by atoms with Gasteiger partial charge in [-0.15, -0.1) is 0 Å². The lowest BCUT2D eigenvalue weighted by Gasteiger charge is -2.17. The smallest absolute Gasteiger partial charge is 0.408 e. The molecule has 8 heteroatoms. The van der Waals surface area contributed by atoms with E-state index in [4.69, 9.17) is 9.47 Å². The van der Waals surface area contributed by atoms with Crippen molar-refractivity contribution in [1.82, 2.24) is 10.6 Å². The Balaban J connectivity index is 1.88. The Hall–Kier alpha value is -3.68. The molecule has 2 aromatic rings. The molecule has 164 valence electrons. The van der Waals surface area contributed by atoms with Gasteiger partial charge >= 0.3 is 12.1 Å². The number of ketones is 1. The predicted molar refractivity (Wildman–Crippen MR) is 113 cm³/mol. The van der Waals surface area contributed by atoms with E-state index in [2.05, 4.69) is 10.6 Å². The Bertz CT molecular complexity index is 870. The molecule has 8 nitrogen and oxygen atoms in total. The highest BCUT2D eigenvalue weighted by atomic mass is 16.6. The van der Waals surface area contributed by atoms with Crippen molar-refractivity contribution in [2.75, 3.05) is 13.2 Å². The second kappa shape index (κ2) is 12.8. The van der Waals surface area contributed by atoms with Gasteiger partial charge in [0.25, 0.3) is 0 Å². The van der Waals surface area contributed by atoms with Crippen LogP contribution < -0.4 is 10.6 Å². The molecule has 0 bridgehead atoms. The number of esters is 1. The summed E-state index contributed by atoms with van der Waals surface area (Å²) in [5.74, 6) is -1.59. The molecular formula is C23H26N2O6. The number of carbonyl (C=O) groups excluding carboxylic acids is 4. The number of rotatable bonds is 11. The van der Waals surface area contributed by atoms with Crippen LogP contribution in [0.2, 0.25) is 0 Å². The molecule has 0 aromatic heterocycles. The number of hydrogen-bond donors (Lipinski definition) is 2. The highest BCUT2D eigenvalue weighted by molar-refractivity contribution is 5.99. The summed E-state index contributed by atoms with van der Waals surface area (Å²) in [4.78, 5) is 48.8. The van der Waals surface area contributed by atoms with Gasteiger partial charge in [-0.3, -0.25) is 9.59 Å². The van der Waals surface area contributed by atoms with Crippen molar-refractivity contribution in [1.29, 1.82) is 0 Å². The van der Waals surface area contributed by atoms with Crippen LogP contribution in [-0.4, -0.2) is 42.9 Å². The van der Waals surface area contributed by atoms with Gasteiger partial charge in [-0.25, -0.2) is 9.59 Å². The van der Waals surface area contributed by atoms with E-state index in [0.29, 0.717) is 12.0 Å². The lowest BCUT2D eigenvalue weighted by molar-refractivity contribution is -0.147.